The molecule has 0 bridgehead atoms. The predicted molar refractivity (Wildman–Crippen MR) is 93.5 cm³/mol. The average Bonchev–Trinajstić information content (AvgIpc) is 2.50. The van der Waals surface area contributed by atoms with E-state index in [0.29, 0.717) is 5.69 Å². The summed E-state index contributed by atoms with van der Waals surface area (Å²) in [6.45, 7) is 7.20. The molecular weight excluding hydrogens is 308 g/mol. The topological polar surface area (TPSA) is 99.3 Å². The van der Waals surface area contributed by atoms with Gasteiger partial charge in [0.2, 0.25) is 11.8 Å². The van der Waals surface area contributed by atoms with Gasteiger partial charge in [0, 0.05) is 11.7 Å². The molecule has 0 saturated carbocycles. The maximum atomic E-state index is 12.2. The fourth-order valence-electron chi connectivity index (χ4n) is 2.02. The van der Waals surface area contributed by atoms with Crippen LogP contribution in [-0.4, -0.2) is 36.5 Å². The molecule has 0 aliphatic rings. The van der Waals surface area contributed by atoms with Crippen molar-refractivity contribution in [1.29, 1.82) is 0 Å². The monoisotopic (exact) mass is 334 g/mol. The lowest BCUT2D eigenvalue weighted by molar-refractivity contribution is -0.128. The number of urea groups is 1. The zero-order chi connectivity index (χ0) is 18.1. The second kappa shape index (κ2) is 9.54. The normalized spacial score (nSPS) is 11.8. The Hall–Kier alpha value is -2.57. The molecule has 1 unspecified atom stereocenters. The third-order valence-electron chi connectivity index (χ3n) is 3.14. The second-order valence-electron chi connectivity index (χ2n) is 6.13. The highest BCUT2D eigenvalue weighted by Gasteiger charge is 2.24. The first-order chi connectivity index (χ1) is 11.3. The zero-order valence-electron chi connectivity index (χ0n) is 14.6. The lowest BCUT2D eigenvalue weighted by atomic mass is 10.0. The molecular formula is C17H26N4O3. The van der Waals surface area contributed by atoms with Crippen LogP contribution in [0.3, 0.4) is 0 Å². The molecule has 0 heterocycles. The maximum Gasteiger partial charge on any atom is 0.319 e. The van der Waals surface area contributed by atoms with Gasteiger partial charge in [-0.2, -0.15) is 0 Å². The summed E-state index contributed by atoms with van der Waals surface area (Å²) in [6, 6.07) is 7.74. The van der Waals surface area contributed by atoms with Crippen molar-refractivity contribution in [3.05, 3.63) is 30.3 Å². The fourth-order valence-corrected chi connectivity index (χ4v) is 2.02. The first-order valence-electron chi connectivity index (χ1n) is 7.99. The zero-order valence-corrected chi connectivity index (χ0v) is 14.6. The number of rotatable bonds is 7. The Labute approximate surface area is 142 Å². The van der Waals surface area contributed by atoms with Gasteiger partial charge in [0.15, 0.2) is 0 Å². The van der Waals surface area contributed by atoms with E-state index in [1.54, 1.807) is 24.3 Å². The van der Waals surface area contributed by atoms with E-state index in [-0.39, 0.29) is 24.4 Å². The van der Waals surface area contributed by atoms with Crippen molar-refractivity contribution >= 4 is 23.5 Å². The van der Waals surface area contributed by atoms with Crippen LogP contribution >= 0.6 is 0 Å². The van der Waals surface area contributed by atoms with Crippen LogP contribution in [0.4, 0.5) is 10.5 Å². The Bertz CT molecular complexity index is 558. The van der Waals surface area contributed by atoms with Crippen molar-refractivity contribution < 1.29 is 14.4 Å². The standard InChI is InChI=1S/C17H26N4O3/c1-11(2)15(16(23)18-10-14(22)19-12(3)4)21-17(24)20-13-8-6-5-7-9-13/h5-9,11-12,15H,10H2,1-4H3,(H,18,23)(H,19,22)(H2,20,21,24). The van der Waals surface area contributed by atoms with E-state index >= 15 is 0 Å². The molecule has 1 rings (SSSR count). The molecule has 0 fully saturated rings. The van der Waals surface area contributed by atoms with Gasteiger partial charge in [-0.25, -0.2) is 4.79 Å². The molecule has 7 heteroatoms. The van der Waals surface area contributed by atoms with E-state index in [9.17, 15) is 14.4 Å². The van der Waals surface area contributed by atoms with Crippen LogP contribution in [0.1, 0.15) is 27.7 Å². The van der Waals surface area contributed by atoms with E-state index in [2.05, 4.69) is 21.3 Å². The Kier molecular flexibility index (Phi) is 7.74. The van der Waals surface area contributed by atoms with Gasteiger partial charge < -0.3 is 21.3 Å². The Morgan fingerprint density at radius 1 is 0.958 bits per heavy atom. The molecule has 1 aromatic rings. The highest BCUT2D eigenvalue weighted by atomic mass is 16.2. The summed E-state index contributed by atoms with van der Waals surface area (Å²) in [4.78, 5) is 35.9. The summed E-state index contributed by atoms with van der Waals surface area (Å²) in [7, 11) is 0. The predicted octanol–water partition coefficient (Wildman–Crippen LogP) is 1.47. The third kappa shape index (κ3) is 7.13. The Morgan fingerprint density at radius 3 is 2.12 bits per heavy atom. The number of hydrogen-bond acceptors (Lipinski definition) is 3. The number of nitrogens with one attached hydrogen (secondary N) is 4. The van der Waals surface area contributed by atoms with Crippen molar-refractivity contribution in [3.63, 3.8) is 0 Å². The molecule has 24 heavy (non-hydrogen) atoms. The summed E-state index contributed by atoms with van der Waals surface area (Å²) in [5, 5.41) is 10.5. The molecule has 1 aromatic carbocycles. The lowest BCUT2D eigenvalue weighted by Gasteiger charge is -2.22. The van der Waals surface area contributed by atoms with E-state index in [4.69, 9.17) is 0 Å². The van der Waals surface area contributed by atoms with Crippen LogP contribution in [-0.2, 0) is 9.59 Å². The number of carbonyl (C=O) groups excluding carboxylic acids is 3. The van der Waals surface area contributed by atoms with Crippen molar-refractivity contribution in [2.24, 2.45) is 5.92 Å². The molecule has 1 atom stereocenters. The quantitative estimate of drug-likeness (QED) is 0.607. The van der Waals surface area contributed by atoms with E-state index in [1.807, 2.05) is 33.8 Å². The van der Waals surface area contributed by atoms with Crippen LogP contribution in [0.15, 0.2) is 30.3 Å². The summed E-state index contributed by atoms with van der Waals surface area (Å²) >= 11 is 0. The molecule has 0 saturated heterocycles. The molecule has 4 amide bonds. The van der Waals surface area contributed by atoms with Gasteiger partial charge in [0.1, 0.15) is 6.04 Å². The molecule has 132 valence electrons. The van der Waals surface area contributed by atoms with Crippen molar-refractivity contribution in [2.45, 2.75) is 39.8 Å². The van der Waals surface area contributed by atoms with Crippen LogP contribution < -0.4 is 21.3 Å². The molecule has 0 aliphatic heterocycles. The molecule has 0 spiro atoms. The molecule has 0 radical (unpaired) electrons. The van der Waals surface area contributed by atoms with Crippen LogP contribution in [0.25, 0.3) is 0 Å². The molecule has 0 aromatic heterocycles. The minimum atomic E-state index is -0.736. The fraction of sp³-hybridized carbons (Fsp3) is 0.471. The van der Waals surface area contributed by atoms with Gasteiger partial charge in [-0.1, -0.05) is 32.0 Å². The molecule has 4 N–H and O–H groups in total. The summed E-state index contributed by atoms with van der Waals surface area (Å²) in [5.41, 5.74) is 0.634. The number of amides is 4. The summed E-state index contributed by atoms with van der Waals surface area (Å²) in [6.07, 6.45) is 0. The SMILES string of the molecule is CC(C)NC(=O)CNC(=O)C(NC(=O)Nc1ccccc1)C(C)C. The minimum absolute atomic E-state index is 0.00470. The van der Waals surface area contributed by atoms with Gasteiger partial charge in [-0.15, -0.1) is 0 Å². The van der Waals surface area contributed by atoms with Crippen molar-refractivity contribution in [1.82, 2.24) is 16.0 Å². The average molecular weight is 334 g/mol. The molecule has 0 aliphatic carbocycles. The smallest absolute Gasteiger partial charge is 0.319 e. The number of carbonyl (C=O) groups is 3. The lowest BCUT2D eigenvalue weighted by Crippen LogP contribution is -2.52. The molecule has 7 nitrogen and oxygen atoms in total. The van der Waals surface area contributed by atoms with E-state index in [0.717, 1.165) is 0 Å². The first-order valence-corrected chi connectivity index (χ1v) is 7.99. The van der Waals surface area contributed by atoms with Crippen LogP contribution in [0, 0.1) is 5.92 Å². The first kappa shape index (κ1) is 19.5. The number of hydrogen-bond donors (Lipinski definition) is 4. The van der Waals surface area contributed by atoms with Gasteiger partial charge >= 0.3 is 6.03 Å². The van der Waals surface area contributed by atoms with Gasteiger partial charge in [0.25, 0.3) is 0 Å². The Balaban J connectivity index is 2.54. The number of benzene rings is 1. The van der Waals surface area contributed by atoms with Gasteiger partial charge in [-0.3, -0.25) is 9.59 Å². The second-order valence-corrected chi connectivity index (χ2v) is 6.13. The van der Waals surface area contributed by atoms with Gasteiger partial charge in [-0.05, 0) is 31.9 Å². The number of para-hydroxylation sites is 1. The highest BCUT2D eigenvalue weighted by molar-refractivity contribution is 5.94. The van der Waals surface area contributed by atoms with Gasteiger partial charge in [0.05, 0.1) is 6.54 Å². The van der Waals surface area contributed by atoms with Crippen LogP contribution in [0.2, 0.25) is 0 Å². The summed E-state index contributed by atoms with van der Waals surface area (Å²) < 4.78 is 0. The largest absolute Gasteiger partial charge is 0.352 e. The Morgan fingerprint density at radius 2 is 1.58 bits per heavy atom. The number of anilines is 1. The minimum Gasteiger partial charge on any atom is -0.352 e. The van der Waals surface area contributed by atoms with Crippen molar-refractivity contribution in [2.75, 3.05) is 11.9 Å². The van der Waals surface area contributed by atoms with Crippen LogP contribution in [0.5, 0.6) is 0 Å². The van der Waals surface area contributed by atoms with E-state index in [1.165, 1.54) is 0 Å². The van der Waals surface area contributed by atoms with Crippen molar-refractivity contribution in [3.8, 4) is 0 Å². The summed E-state index contributed by atoms with van der Waals surface area (Å²) in [5.74, 6) is -0.790. The highest BCUT2D eigenvalue weighted by Crippen LogP contribution is 2.06. The van der Waals surface area contributed by atoms with E-state index < -0.39 is 18.0 Å². The third-order valence-corrected chi connectivity index (χ3v) is 3.14. The maximum absolute atomic E-state index is 12.2.